The van der Waals surface area contributed by atoms with Gasteiger partial charge in [-0.1, -0.05) is 156 Å². The van der Waals surface area contributed by atoms with Gasteiger partial charge in [0.05, 0.1) is 0 Å². The predicted molar refractivity (Wildman–Crippen MR) is 198 cm³/mol. The summed E-state index contributed by atoms with van der Waals surface area (Å²) in [6, 6.07) is 0. The van der Waals surface area contributed by atoms with Gasteiger partial charge in [0.1, 0.15) is 0 Å². The Morgan fingerprint density at radius 2 is 0.500 bits per heavy atom. The average molecular weight is 679 g/mol. The van der Waals surface area contributed by atoms with Crippen LogP contribution in [0.3, 0.4) is 0 Å². The van der Waals surface area contributed by atoms with Crippen molar-refractivity contribution in [3.05, 3.63) is 0 Å². The summed E-state index contributed by atoms with van der Waals surface area (Å²) in [5.74, 6) is 0. The molecule has 7 heteroatoms. The van der Waals surface area contributed by atoms with E-state index >= 15 is 0 Å². The van der Waals surface area contributed by atoms with Crippen molar-refractivity contribution in [1.29, 1.82) is 0 Å². The molecule has 0 aliphatic heterocycles. The first-order valence-electron chi connectivity index (χ1n) is 17.7. The number of unbranched alkanes of at least 4 members (excludes halogenated alkanes) is 20. The van der Waals surface area contributed by atoms with Crippen molar-refractivity contribution >= 4 is 17.2 Å². The van der Waals surface area contributed by atoms with Crippen LogP contribution in [-0.4, -0.2) is 52.3 Å². The second-order valence-corrected chi connectivity index (χ2v) is 14.7. The Hall–Kier alpha value is 1.41. The van der Waals surface area contributed by atoms with E-state index in [1.165, 1.54) is 196 Å². The quantitative estimate of drug-likeness (QED) is 0.0495. The molecule has 0 amide bonds. The Labute approximate surface area is 285 Å². The average Bonchev–Trinajstić information content (AvgIpc) is 2.89. The molecule has 0 aromatic heterocycles. The second-order valence-electron chi connectivity index (χ2n) is 11.7. The Kier molecular flexibility index (Phi) is 86.1. The molecule has 0 unspecified atom stereocenters. The Balaban J connectivity index is -0.0000000951. The van der Waals surface area contributed by atoms with Crippen molar-refractivity contribution in [2.75, 3.05) is 24.6 Å². The van der Waals surface area contributed by atoms with Crippen LogP contribution in [0.5, 0.6) is 0 Å². The monoisotopic (exact) mass is 679 g/mol. The summed E-state index contributed by atoms with van der Waals surface area (Å²) in [5, 5.41) is 8.06. The molecular formula is C35H84O4P2Ti. The minimum atomic E-state index is -0.167. The fourth-order valence-electron chi connectivity index (χ4n) is 4.37. The fraction of sp³-hybridized carbons (Fsp3) is 1.00. The largest absolute Gasteiger partial charge is 0.412 e. The maximum Gasteiger partial charge on any atom is 0.0483 e. The van der Waals surface area contributed by atoms with E-state index in [9.17, 15) is 0 Å². The maximum atomic E-state index is 8.06. The van der Waals surface area contributed by atoms with Gasteiger partial charge in [0, 0.05) is 27.8 Å². The molecule has 0 radical (unpaired) electrons. The van der Waals surface area contributed by atoms with Crippen LogP contribution in [0.2, 0.25) is 0 Å². The molecule has 0 aliphatic rings. The minimum absolute atomic E-state index is 0. The zero-order valence-electron chi connectivity index (χ0n) is 29.8. The van der Waals surface area contributed by atoms with E-state index in [1.807, 2.05) is 0 Å². The van der Waals surface area contributed by atoms with E-state index in [1.54, 1.807) is 13.8 Å². The van der Waals surface area contributed by atoms with Gasteiger partial charge >= 0.3 is 0 Å². The number of rotatable bonds is 28. The van der Waals surface area contributed by atoms with Gasteiger partial charge < -0.3 is 21.5 Å². The molecule has 0 heterocycles. The van der Waals surface area contributed by atoms with Crippen LogP contribution in [0.15, 0.2) is 0 Å². The number of aliphatic hydroxyl groups is 1. The van der Waals surface area contributed by atoms with E-state index in [-0.39, 0.29) is 44.3 Å². The van der Waals surface area contributed by atoms with Crippen LogP contribution in [-0.2, 0) is 21.7 Å². The van der Waals surface area contributed by atoms with Crippen molar-refractivity contribution in [1.82, 2.24) is 0 Å². The summed E-state index contributed by atoms with van der Waals surface area (Å²) in [6.45, 7) is 12.6. The molecular weight excluding hydrogens is 594 g/mol. The van der Waals surface area contributed by atoms with E-state index in [0.29, 0.717) is 0 Å². The topological polar surface area (TPSA) is 115 Å². The van der Waals surface area contributed by atoms with Gasteiger partial charge in [-0.3, -0.25) is 0 Å². The molecule has 0 spiro atoms. The summed E-state index contributed by atoms with van der Waals surface area (Å²) in [4.78, 5) is 0. The van der Waals surface area contributed by atoms with Crippen LogP contribution in [0, 0.1) is 0 Å². The Bertz CT molecular complexity index is 307. The van der Waals surface area contributed by atoms with Crippen molar-refractivity contribution in [2.24, 2.45) is 0 Å². The molecule has 0 aromatic rings. The molecule has 0 rings (SSSR count). The summed E-state index contributed by atoms with van der Waals surface area (Å²) in [7, 11) is 2.51. The summed E-state index contributed by atoms with van der Waals surface area (Å²) in [6.07, 6.45) is 40.9. The Morgan fingerprint density at radius 3 is 0.667 bits per heavy atom. The van der Waals surface area contributed by atoms with E-state index in [2.05, 4.69) is 27.7 Å². The van der Waals surface area contributed by atoms with E-state index < -0.39 is 0 Å². The molecule has 262 valence electrons. The zero-order valence-corrected chi connectivity index (χ0v) is 33.4. The molecule has 0 fully saturated rings. The Morgan fingerprint density at radius 1 is 0.357 bits per heavy atom. The first kappa shape index (κ1) is 58.9. The van der Waals surface area contributed by atoms with Crippen molar-refractivity contribution in [3.63, 3.8) is 0 Å². The van der Waals surface area contributed by atoms with Gasteiger partial charge in [-0.2, -0.15) is 0 Å². The second kappa shape index (κ2) is 61.4. The fourth-order valence-corrected chi connectivity index (χ4v) is 6.87. The first-order valence-corrected chi connectivity index (χ1v) is 20.5. The molecule has 0 aromatic carbocycles. The minimum Gasteiger partial charge on any atom is -0.412 e. The van der Waals surface area contributed by atoms with Crippen molar-refractivity contribution < 1.29 is 43.3 Å². The summed E-state index contributed by atoms with van der Waals surface area (Å²) >= 11 is 0. The third-order valence-electron chi connectivity index (χ3n) is 6.83. The summed E-state index contributed by atoms with van der Waals surface area (Å²) in [5.41, 5.74) is 0. The van der Waals surface area contributed by atoms with Crippen molar-refractivity contribution in [2.45, 2.75) is 202 Å². The third-order valence-corrected chi connectivity index (χ3v) is 9.66. The molecule has 0 atom stereocenters. The van der Waals surface area contributed by atoms with Gasteiger partial charge in [0.25, 0.3) is 0 Å². The molecule has 0 aliphatic carbocycles. The summed E-state index contributed by atoms with van der Waals surface area (Å²) < 4.78 is 0. The normalized spacial score (nSPS) is 9.71. The van der Waals surface area contributed by atoms with E-state index in [0.717, 1.165) is 0 Å². The molecule has 4 nitrogen and oxygen atoms in total. The van der Waals surface area contributed by atoms with Crippen LogP contribution >= 0.6 is 17.2 Å². The molecule has 0 saturated carbocycles. The molecule has 7 N–H and O–H groups in total. The number of hydrogen-bond acceptors (Lipinski definition) is 1. The molecule has 0 bridgehead atoms. The van der Waals surface area contributed by atoms with Crippen LogP contribution < -0.4 is 0 Å². The van der Waals surface area contributed by atoms with Crippen LogP contribution in [0.4, 0.5) is 0 Å². The van der Waals surface area contributed by atoms with Gasteiger partial charge in [0.2, 0.25) is 0 Å². The SMILES string of the molecule is CC(C)O.CCCCCCCCPCCCCCCCC.CCCCCCCCPCCCCCCCC.O.O.O.[Ti]. The molecule has 42 heavy (non-hydrogen) atoms. The van der Waals surface area contributed by atoms with Crippen molar-refractivity contribution in [3.8, 4) is 0 Å². The van der Waals surface area contributed by atoms with Gasteiger partial charge in [0.15, 0.2) is 0 Å². The number of aliphatic hydroxyl groups excluding tert-OH is 1. The number of hydrogen-bond donors (Lipinski definition) is 1. The standard InChI is InChI=1S/2C16H35P.C3H8O.3H2O.Ti/c2*1-3-5-7-9-11-13-15-17-16-14-12-10-8-6-4-2;1-3(2)4;;;;/h2*17H,3-16H2,1-2H3;3-4H,1-2H3;3*1H2;. The van der Waals surface area contributed by atoms with E-state index in [4.69, 9.17) is 5.11 Å². The maximum absolute atomic E-state index is 8.06. The third kappa shape index (κ3) is 78.2. The van der Waals surface area contributed by atoms with Crippen LogP contribution in [0.1, 0.15) is 196 Å². The smallest absolute Gasteiger partial charge is 0.0483 e. The first-order chi connectivity index (χ1) is 18.6. The van der Waals surface area contributed by atoms with Gasteiger partial charge in [-0.25, -0.2) is 0 Å². The van der Waals surface area contributed by atoms with Crippen LogP contribution in [0.25, 0.3) is 0 Å². The van der Waals surface area contributed by atoms with Gasteiger partial charge in [-0.15, -0.1) is 17.2 Å². The predicted octanol–water partition coefficient (Wildman–Crippen LogP) is 10.7. The zero-order chi connectivity index (χ0) is 28.8. The molecule has 0 saturated heterocycles. The van der Waals surface area contributed by atoms with Gasteiger partial charge in [-0.05, 0) is 64.2 Å².